The summed E-state index contributed by atoms with van der Waals surface area (Å²) >= 11 is 0. The van der Waals surface area contributed by atoms with E-state index in [1.807, 2.05) is 0 Å². The lowest BCUT2D eigenvalue weighted by Gasteiger charge is -2.34. The number of benzene rings is 8. The van der Waals surface area contributed by atoms with Crippen LogP contribution in [0.2, 0.25) is 0 Å². The summed E-state index contributed by atoms with van der Waals surface area (Å²) in [4.78, 5) is 5.73. The molecule has 234 valence electrons. The summed E-state index contributed by atoms with van der Waals surface area (Å²) in [5, 5.41) is 21.0. The van der Waals surface area contributed by atoms with Crippen LogP contribution in [0.15, 0.2) is 181 Å². The molecule has 1 N–H and O–H groups in total. The van der Waals surface area contributed by atoms with E-state index in [-0.39, 0.29) is 0 Å². The predicted molar refractivity (Wildman–Crippen MR) is 209 cm³/mol. The molecule has 8 aromatic rings. The lowest BCUT2D eigenvalue weighted by atomic mass is 9.72. The molecule has 0 amide bonds. The zero-order chi connectivity index (χ0) is 32.8. The van der Waals surface area contributed by atoms with E-state index in [2.05, 4.69) is 176 Å². The van der Waals surface area contributed by atoms with Crippen LogP contribution < -0.4 is 5.30 Å². The highest BCUT2D eigenvalue weighted by atomic mass is 31.1. The van der Waals surface area contributed by atoms with Crippen molar-refractivity contribution in [3.05, 3.63) is 187 Å². The van der Waals surface area contributed by atoms with Crippen LogP contribution in [0.5, 0.6) is 5.75 Å². The molecular weight excluding hydrogens is 613 g/mol. The topological polar surface area (TPSA) is 32.6 Å². The van der Waals surface area contributed by atoms with Gasteiger partial charge < -0.3 is 5.11 Å². The molecule has 1 saturated heterocycles. The third-order valence-corrected chi connectivity index (χ3v) is 12.8. The lowest BCUT2D eigenvalue weighted by Crippen LogP contribution is -2.33. The zero-order valence-electron chi connectivity index (χ0n) is 27.0. The van der Waals surface area contributed by atoms with E-state index in [0.717, 1.165) is 72.9 Å². The third kappa shape index (κ3) is 4.87. The number of hydrogen-bond donors (Lipinski definition) is 1. The minimum Gasteiger partial charge on any atom is -0.507 e. The number of aromatic hydroxyl groups is 1. The van der Waals surface area contributed by atoms with Gasteiger partial charge in [0.15, 0.2) is 0 Å². The van der Waals surface area contributed by atoms with E-state index in [0.29, 0.717) is 5.75 Å². The molecular formula is C46H34NOP. The molecule has 1 fully saturated rings. The van der Waals surface area contributed by atoms with Crippen molar-refractivity contribution < 1.29 is 5.11 Å². The van der Waals surface area contributed by atoms with Gasteiger partial charge >= 0.3 is 0 Å². The maximum absolute atomic E-state index is 12.8. The van der Waals surface area contributed by atoms with Crippen molar-refractivity contribution in [3.63, 3.8) is 0 Å². The second-order valence-electron chi connectivity index (χ2n) is 12.8. The van der Waals surface area contributed by atoms with Crippen LogP contribution in [0.3, 0.4) is 0 Å². The van der Waals surface area contributed by atoms with Crippen molar-refractivity contribution in [2.24, 2.45) is 4.99 Å². The first-order valence-corrected chi connectivity index (χ1v) is 18.4. The van der Waals surface area contributed by atoms with E-state index in [1.165, 1.54) is 10.7 Å². The normalized spacial score (nSPS) is 18.4. The summed E-state index contributed by atoms with van der Waals surface area (Å²) in [6.45, 7) is 0. The van der Waals surface area contributed by atoms with Crippen LogP contribution in [-0.2, 0) is 5.41 Å². The fourth-order valence-electron chi connectivity index (χ4n) is 7.96. The molecule has 0 aliphatic carbocycles. The minimum absolute atomic E-state index is 0.323. The van der Waals surface area contributed by atoms with E-state index >= 15 is 0 Å². The van der Waals surface area contributed by atoms with E-state index in [4.69, 9.17) is 4.99 Å². The highest BCUT2D eigenvalue weighted by Crippen LogP contribution is 2.61. The Morgan fingerprint density at radius 1 is 0.531 bits per heavy atom. The van der Waals surface area contributed by atoms with Gasteiger partial charge in [-0.3, -0.25) is 4.99 Å². The van der Waals surface area contributed by atoms with Gasteiger partial charge in [-0.25, -0.2) is 0 Å². The molecule has 2 atom stereocenters. The molecule has 0 aromatic heterocycles. The van der Waals surface area contributed by atoms with Gasteiger partial charge in [0.25, 0.3) is 0 Å². The maximum Gasteiger partial charge on any atom is 0.127 e. The Morgan fingerprint density at radius 3 is 1.82 bits per heavy atom. The molecule has 0 spiro atoms. The average Bonchev–Trinajstić information content (AvgIpc) is 3.54. The van der Waals surface area contributed by atoms with Crippen LogP contribution in [0.1, 0.15) is 17.5 Å². The Morgan fingerprint density at radius 2 is 1.10 bits per heavy atom. The Labute approximate surface area is 287 Å². The Balaban J connectivity index is 1.36. The van der Waals surface area contributed by atoms with E-state index < -0.39 is 13.3 Å². The summed E-state index contributed by atoms with van der Waals surface area (Å²) in [6, 6.07) is 62.2. The fourth-order valence-corrected chi connectivity index (χ4v) is 10.8. The van der Waals surface area contributed by atoms with Crippen molar-refractivity contribution in [3.8, 4) is 16.9 Å². The van der Waals surface area contributed by atoms with Crippen LogP contribution in [0.4, 0.5) is 5.69 Å². The highest BCUT2D eigenvalue weighted by Gasteiger charge is 2.50. The first kappa shape index (κ1) is 29.6. The molecule has 8 aromatic carbocycles. The van der Waals surface area contributed by atoms with Gasteiger partial charge in [-0.1, -0.05) is 164 Å². The van der Waals surface area contributed by atoms with Gasteiger partial charge in [0, 0.05) is 22.1 Å². The first-order valence-electron chi connectivity index (χ1n) is 16.9. The molecule has 49 heavy (non-hydrogen) atoms. The fraction of sp³-hybridized carbons (Fsp3) is 0.0652. The molecule has 2 nitrogen and oxygen atoms in total. The SMILES string of the molecule is Oc1c(-c2c3ccccc3cc3ccccc23)cccc1C1(c2ccccc2)CCP(c2ccccc2)C1=Nc1cccc2ccccc12. The maximum atomic E-state index is 12.8. The summed E-state index contributed by atoms with van der Waals surface area (Å²) in [5.74, 6) is 0.323. The predicted octanol–water partition coefficient (Wildman–Crippen LogP) is 11.7. The lowest BCUT2D eigenvalue weighted by molar-refractivity contribution is 0.460. The van der Waals surface area contributed by atoms with Gasteiger partial charge in [-0.15, -0.1) is 0 Å². The van der Waals surface area contributed by atoms with Crippen molar-refractivity contribution in [2.45, 2.75) is 11.8 Å². The molecule has 0 radical (unpaired) electrons. The van der Waals surface area contributed by atoms with Crippen molar-refractivity contribution in [1.29, 1.82) is 0 Å². The Kier molecular flexibility index (Phi) is 7.33. The van der Waals surface area contributed by atoms with E-state index in [1.54, 1.807) is 0 Å². The smallest absolute Gasteiger partial charge is 0.127 e. The van der Waals surface area contributed by atoms with Crippen LogP contribution >= 0.6 is 7.92 Å². The monoisotopic (exact) mass is 647 g/mol. The third-order valence-electron chi connectivity index (χ3n) is 10.2. The van der Waals surface area contributed by atoms with E-state index in [9.17, 15) is 5.11 Å². The number of aliphatic imine (C=N–C) groups is 1. The Hall–Kier alpha value is -5.56. The largest absolute Gasteiger partial charge is 0.507 e. The van der Waals surface area contributed by atoms with Crippen molar-refractivity contribution >= 4 is 56.7 Å². The second-order valence-corrected chi connectivity index (χ2v) is 15.1. The molecule has 1 heterocycles. The highest BCUT2D eigenvalue weighted by molar-refractivity contribution is 7.82. The van der Waals surface area contributed by atoms with Gasteiger partial charge in [-0.05, 0) is 70.4 Å². The molecule has 0 bridgehead atoms. The van der Waals surface area contributed by atoms with Crippen LogP contribution in [-0.4, -0.2) is 16.7 Å². The van der Waals surface area contributed by atoms with Crippen LogP contribution in [0, 0.1) is 0 Å². The molecule has 3 heteroatoms. The zero-order valence-corrected chi connectivity index (χ0v) is 27.9. The number of para-hydroxylation sites is 1. The number of rotatable bonds is 5. The molecule has 1 aliphatic rings. The first-order chi connectivity index (χ1) is 24.2. The molecule has 9 rings (SSSR count). The quantitative estimate of drug-likeness (QED) is 0.146. The average molecular weight is 648 g/mol. The van der Waals surface area contributed by atoms with Gasteiger partial charge in [0.1, 0.15) is 5.75 Å². The number of hydrogen-bond acceptors (Lipinski definition) is 2. The summed E-state index contributed by atoms with van der Waals surface area (Å²) < 4.78 is 0. The molecule has 1 aliphatic heterocycles. The Bertz CT molecular complexity index is 2460. The van der Waals surface area contributed by atoms with Gasteiger partial charge in [0.2, 0.25) is 0 Å². The number of fused-ring (bicyclic) bond motifs is 3. The molecule has 2 unspecified atom stereocenters. The number of phenols is 1. The van der Waals surface area contributed by atoms with Gasteiger partial charge in [0.05, 0.1) is 16.6 Å². The number of nitrogens with zero attached hydrogens (tertiary/aromatic N) is 1. The summed E-state index contributed by atoms with van der Waals surface area (Å²) in [7, 11) is -0.812. The van der Waals surface area contributed by atoms with Gasteiger partial charge in [-0.2, -0.15) is 0 Å². The number of phenolic OH excluding ortho intramolecular Hbond substituents is 1. The van der Waals surface area contributed by atoms with Crippen molar-refractivity contribution in [1.82, 2.24) is 0 Å². The summed E-state index contributed by atoms with van der Waals surface area (Å²) in [6.07, 6.45) is 1.81. The van der Waals surface area contributed by atoms with Crippen molar-refractivity contribution in [2.75, 3.05) is 6.16 Å². The van der Waals surface area contributed by atoms with Crippen LogP contribution in [0.25, 0.3) is 43.4 Å². The summed E-state index contributed by atoms with van der Waals surface area (Å²) in [5.41, 5.74) is 5.44. The standard InChI is InChI=1S/C46H34NOP/c48-44-40(43-38-24-11-8-16-33(38)31-34-17-9-12-25-39(34)43)26-14-27-41(44)46(35-19-3-1-4-20-35)29-30-49(36-21-5-2-6-22-36)45(46)47-42-28-13-18-32-15-7-10-23-37(32)42/h1-28,31,48H,29-30H2. The second kappa shape index (κ2) is 12.2. The molecule has 0 saturated carbocycles. The minimum atomic E-state index is -0.812.